The molecule has 1 N–H and O–H groups in total. The molecule has 0 aromatic carbocycles. The predicted octanol–water partition coefficient (Wildman–Crippen LogP) is 4.84. The molecule has 162 valence electrons. The zero-order valence-corrected chi connectivity index (χ0v) is 21.9. The average molecular weight is 644 g/mol. The molecule has 2 heterocycles. The summed E-state index contributed by atoms with van der Waals surface area (Å²) in [5.74, 6) is 0.167. The zero-order chi connectivity index (χ0) is 20.5. The third kappa shape index (κ3) is 30.5. The second-order valence-electron chi connectivity index (χ2n) is 5.14. The van der Waals surface area contributed by atoms with Gasteiger partial charge < -0.3 is 16.8 Å². The second-order valence-corrected chi connectivity index (χ2v) is 8.07. The number of ketones is 1. The van der Waals surface area contributed by atoms with Gasteiger partial charge >= 0.3 is 18.9 Å². The van der Waals surface area contributed by atoms with E-state index in [9.17, 15) is 4.79 Å². The maximum Gasteiger partial charge on any atom is 1.00 e. The number of aliphatic hydroxyl groups is 1. The summed E-state index contributed by atoms with van der Waals surface area (Å²) in [6.07, 6.45) is 5.25. The van der Waals surface area contributed by atoms with Crippen molar-refractivity contribution in [3.8, 4) is 0 Å². The van der Waals surface area contributed by atoms with Gasteiger partial charge in [0, 0.05) is 21.3 Å². The monoisotopic (exact) mass is 642 g/mol. The van der Waals surface area contributed by atoms with E-state index < -0.39 is 6.10 Å². The molecule has 0 amide bonds. The molecule has 0 aliphatic carbocycles. The molecule has 0 spiro atoms. The minimum atomic E-state index is -0.479. The molecule has 0 saturated heterocycles. The van der Waals surface area contributed by atoms with Crippen molar-refractivity contribution >= 4 is 60.2 Å². The first kappa shape index (κ1) is 39.7. The molecular formula is C21H34Br2ILiN2O2. The molecule has 2 aromatic rings. The summed E-state index contributed by atoms with van der Waals surface area (Å²) >= 11 is 8.69. The third-order valence-electron chi connectivity index (χ3n) is 2.22. The van der Waals surface area contributed by atoms with Crippen molar-refractivity contribution in [3.63, 3.8) is 0 Å². The number of Topliss-reactive ketones (excluding diaryl/α,β-unsaturated/α-hetero) is 1. The quantitative estimate of drug-likeness (QED) is 0.220. The van der Waals surface area contributed by atoms with E-state index in [1.165, 1.54) is 20.3 Å². The van der Waals surface area contributed by atoms with Crippen LogP contribution in [0.5, 0.6) is 0 Å². The van der Waals surface area contributed by atoms with E-state index in [1.54, 1.807) is 25.4 Å². The Labute approximate surface area is 220 Å². The van der Waals surface area contributed by atoms with Crippen molar-refractivity contribution in [1.29, 1.82) is 0 Å². The van der Waals surface area contributed by atoms with E-state index in [0.29, 0.717) is 5.69 Å². The van der Waals surface area contributed by atoms with Crippen LogP contribution in [0.3, 0.4) is 0 Å². The van der Waals surface area contributed by atoms with Crippen LogP contribution in [0.2, 0.25) is 0 Å². The average Bonchev–Trinajstić information content (AvgIpc) is 2.58. The van der Waals surface area contributed by atoms with Gasteiger partial charge in [0.05, 0.1) is 11.8 Å². The van der Waals surface area contributed by atoms with Crippen molar-refractivity contribution in [2.24, 2.45) is 0 Å². The molecule has 0 radical (unpaired) electrons. The minimum Gasteiger partial charge on any atom is -0.387 e. The van der Waals surface area contributed by atoms with Gasteiger partial charge in [-0.05, 0) is 99.5 Å². The number of hydrogen-bond donors (Lipinski definition) is 1. The molecule has 0 saturated carbocycles. The second kappa shape index (κ2) is 26.3. The molecule has 29 heavy (non-hydrogen) atoms. The van der Waals surface area contributed by atoms with Crippen LogP contribution in [-0.2, 0) is 4.79 Å². The number of nitrogens with zero attached hydrogens (tertiary/aromatic N) is 2. The van der Waals surface area contributed by atoms with Gasteiger partial charge in [-0.15, -0.1) is 0 Å². The Hall–Kier alpha value is 0.217. The van der Waals surface area contributed by atoms with Gasteiger partial charge in [-0.1, -0.05) is 28.2 Å². The van der Waals surface area contributed by atoms with Crippen LogP contribution in [0.15, 0.2) is 45.6 Å². The van der Waals surface area contributed by atoms with Gasteiger partial charge in [0.1, 0.15) is 9.48 Å². The van der Waals surface area contributed by atoms with Crippen LogP contribution in [0.1, 0.15) is 67.2 Å². The number of unbranched alkanes of at least 4 members (excludes halogenated alkanes) is 1. The normalized spacial score (nSPS) is 9.00. The van der Waals surface area contributed by atoms with Crippen LogP contribution < -0.4 is 18.9 Å². The Morgan fingerprint density at radius 2 is 1.48 bits per heavy atom. The number of aliphatic hydroxyl groups excluding tert-OH is 1. The van der Waals surface area contributed by atoms with E-state index in [-0.39, 0.29) is 39.5 Å². The van der Waals surface area contributed by atoms with Gasteiger partial charge in [-0.2, -0.15) is 6.42 Å². The third-order valence-corrected chi connectivity index (χ3v) is 3.80. The van der Waals surface area contributed by atoms with E-state index in [2.05, 4.69) is 78.3 Å². The van der Waals surface area contributed by atoms with Crippen molar-refractivity contribution < 1.29 is 28.8 Å². The molecule has 2 rings (SSSR count). The fraction of sp³-hybridized carbons (Fsp3) is 0.429. The summed E-state index contributed by atoms with van der Waals surface area (Å²) in [5.41, 5.74) is 0.697. The largest absolute Gasteiger partial charge is 1.00 e. The summed E-state index contributed by atoms with van der Waals surface area (Å²) in [5, 5.41) is 9.04. The van der Waals surface area contributed by atoms with E-state index in [1.807, 2.05) is 18.2 Å². The standard InChI is InChI=1S/C7H8BrNO.C5H3BrIN.C4H9.C3H6O.2CH4.Li/c1-5(10)7-3-2-6(8)4-9-7;6-4-1-2-5(7)8-3-4;1-3-4-2;1-3(2)4;;;/h2-5,10H,1H3;1-3H;1,3-4H2,2H3;1-2H3;2*1H4;/q;;-1;;;;+1/i5+2;;;3+2;;;. The van der Waals surface area contributed by atoms with Crippen molar-refractivity contribution in [1.82, 2.24) is 9.97 Å². The van der Waals surface area contributed by atoms with Crippen LogP contribution in [0.4, 0.5) is 0 Å². The molecule has 2 aromatic heterocycles. The smallest absolute Gasteiger partial charge is 0.387 e. The van der Waals surface area contributed by atoms with Crippen LogP contribution in [0, 0.1) is 10.6 Å². The van der Waals surface area contributed by atoms with Gasteiger partial charge in [-0.25, -0.2) is 4.98 Å². The Morgan fingerprint density at radius 1 is 1.10 bits per heavy atom. The minimum absolute atomic E-state index is 0. The molecular weight excluding hydrogens is 610 g/mol. The molecule has 0 aliphatic heterocycles. The number of rotatable bonds is 2. The van der Waals surface area contributed by atoms with Gasteiger partial charge in [-0.3, -0.25) is 4.98 Å². The maximum absolute atomic E-state index is 9.44. The van der Waals surface area contributed by atoms with Crippen LogP contribution >= 0.6 is 54.5 Å². The summed E-state index contributed by atoms with van der Waals surface area (Å²) in [6, 6.07) is 7.56. The Balaban J connectivity index is -0.0000000918. The fourth-order valence-corrected chi connectivity index (χ4v) is 1.78. The van der Waals surface area contributed by atoms with Gasteiger partial charge in [0.15, 0.2) is 0 Å². The van der Waals surface area contributed by atoms with Crippen molar-refractivity contribution in [2.75, 3.05) is 0 Å². The summed E-state index contributed by atoms with van der Waals surface area (Å²) < 4.78 is 2.97. The maximum atomic E-state index is 9.44. The topological polar surface area (TPSA) is 63.1 Å². The van der Waals surface area contributed by atoms with E-state index in [4.69, 9.17) is 5.11 Å². The molecule has 0 aliphatic rings. The summed E-state index contributed by atoms with van der Waals surface area (Å²) in [4.78, 5) is 17.4. The number of pyridine rings is 2. The number of halogens is 3. The number of carbonyl (C=O) groups excluding carboxylic acids is 1. The number of carbonyl (C=O) groups is 1. The van der Waals surface area contributed by atoms with E-state index in [0.717, 1.165) is 19.1 Å². The Bertz CT molecular complexity index is 572. The van der Waals surface area contributed by atoms with Crippen molar-refractivity contribution in [2.45, 2.75) is 61.5 Å². The van der Waals surface area contributed by atoms with Crippen molar-refractivity contribution in [3.05, 3.63) is 61.9 Å². The fourth-order valence-electron chi connectivity index (χ4n) is 0.992. The molecule has 8 heteroatoms. The molecule has 1 atom stereocenters. The molecule has 1 unspecified atom stereocenters. The first-order valence-corrected chi connectivity index (χ1v) is 10.6. The van der Waals surface area contributed by atoms with Gasteiger partial charge in [0.25, 0.3) is 0 Å². The number of hydrogen-bond acceptors (Lipinski definition) is 4. The van der Waals surface area contributed by atoms with E-state index >= 15 is 0 Å². The predicted molar refractivity (Wildman–Crippen MR) is 137 cm³/mol. The SMILES string of the molecule is Brc1ccc(I)nc1.C.C.C[14CH](O)c1ccc(Br)cn1.C[14C](C)=O.[CH2-]CCC.[Li+]. The summed E-state index contributed by atoms with van der Waals surface area (Å²) in [6.45, 7) is 10.5. The Kier molecular flexibility index (Phi) is 35.9. The molecule has 4 nitrogen and oxygen atoms in total. The number of aromatic nitrogens is 2. The summed E-state index contributed by atoms with van der Waals surface area (Å²) in [7, 11) is 0. The van der Waals surface area contributed by atoms with Crippen LogP contribution in [0.25, 0.3) is 0 Å². The Morgan fingerprint density at radius 3 is 1.69 bits per heavy atom. The first-order valence-electron chi connectivity index (χ1n) is 7.96. The molecule has 0 bridgehead atoms. The first-order chi connectivity index (χ1) is 12.1. The van der Waals surface area contributed by atoms with Gasteiger partial charge in [0.2, 0.25) is 0 Å². The van der Waals surface area contributed by atoms with Crippen LogP contribution in [-0.4, -0.2) is 20.9 Å². The zero-order valence-electron chi connectivity index (χ0n) is 16.5. The molecule has 0 fully saturated rings.